The highest BCUT2D eigenvalue weighted by molar-refractivity contribution is 5.92. The normalized spacial score (nSPS) is 16.2. The molecular weight excluding hydrogens is 460 g/mol. The lowest BCUT2D eigenvalue weighted by Crippen LogP contribution is -2.38. The van der Waals surface area contributed by atoms with Crippen molar-refractivity contribution in [3.05, 3.63) is 72.1 Å². The lowest BCUT2D eigenvalue weighted by atomic mass is 9.96. The Bertz CT molecular complexity index is 1420. The third-order valence-electron chi connectivity index (χ3n) is 6.90. The minimum atomic E-state index is 0.0223. The Balaban J connectivity index is 1.46. The van der Waals surface area contributed by atoms with Gasteiger partial charge in [-0.2, -0.15) is 5.26 Å². The smallest absolute Gasteiger partial charge is 0.228 e. The average Bonchev–Trinajstić information content (AvgIpc) is 2.94. The zero-order chi connectivity index (χ0) is 25.6. The number of hydrogen-bond donors (Lipinski definition) is 2. The van der Waals surface area contributed by atoms with Crippen LogP contribution < -0.4 is 15.4 Å². The third kappa shape index (κ3) is 5.71. The van der Waals surface area contributed by atoms with E-state index in [9.17, 15) is 5.26 Å². The number of aromatic nitrogens is 3. The predicted octanol–water partition coefficient (Wildman–Crippen LogP) is 6.05. The van der Waals surface area contributed by atoms with Crippen molar-refractivity contribution in [1.29, 1.82) is 5.26 Å². The summed E-state index contributed by atoms with van der Waals surface area (Å²) in [7, 11) is 0. The van der Waals surface area contributed by atoms with Gasteiger partial charge in [0.25, 0.3) is 0 Å². The molecule has 2 aromatic heterocycles. The van der Waals surface area contributed by atoms with E-state index in [1.54, 1.807) is 12.4 Å². The summed E-state index contributed by atoms with van der Waals surface area (Å²) in [4.78, 5) is 13.8. The van der Waals surface area contributed by atoms with Crippen molar-refractivity contribution < 1.29 is 4.74 Å². The van der Waals surface area contributed by atoms with E-state index in [4.69, 9.17) is 9.72 Å². The van der Waals surface area contributed by atoms with Gasteiger partial charge in [0.05, 0.1) is 17.3 Å². The molecule has 1 aliphatic rings. The number of pyridine rings is 1. The van der Waals surface area contributed by atoms with Crippen LogP contribution in [0.3, 0.4) is 0 Å². The number of aryl methyl sites for hydroxylation is 2. The Morgan fingerprint density at radius 3 is 2.86 bits per heavy atom. The van der Waals surface area contributed by atoms with Crippen LogP contribution in [0, 0.1) is 24.2 Å². The van der Waals surface area contributed by atoms with Crippen molar-refractivity contribution in [3.8, 4) is 29.0 Å². The molecule has 0 radical (unpaired) electrons. The fourth-order valence-electron chi connectivity index (χ4n) is 4.79. The largest absolute Gasteiger partial charge is 0.437 e. The van der Waals surface area contributed by atoms with Crippen molar-refractivity contribution in [2.75, 3.05) is 18.4 Å². The van der Waals surface area contributed by atoms with Gasteiger partial charge in [-0.25, -0.2) is 15.0 Å². The fourth-order valence-corrected chi connectivity index (χ4v) is 4.79. The second kappa shape index (κ2) is 11.4. The van der Waals surface area contributed by atoms with E-state index in [0.717, 1.165) is 72.1 Å². The predicted molar refractivity (Wildman–Crippen MR) is 147 cm³/mol. The topological polar surface area (TPSA) is 95.8 Å². The van der Waals surface area contributed by atoms with E-state index >= 15 is 0 Å². The van der Waals surface area contributed by atoms with E-state index in [1.165, 1.54) is 5.56 Å². The molecule has 1 saturated heterocycles. The molecule has 2 aromatic carbocycles. The molecule has 1 aliphatic heterocycles. The van der Waals surface area contributed by atoms with Crippen LogP contribution in [0.2, 0.25) is 0 Å². The van der Waals surface area contributed by atoms with Gasteiger partial charge in [0.2, 0.25) is 11.8 Å². The van der Waals surface area contributed by atoms with Gasteiger partial charge in [0.1, 0.15) is 5.75 Å². The van der Waals surface area contributed by atoms with Gasteiger partial charge < -0.3 is 15.4 Å². The van der Waals surface area contributed by atoms with E-state index in [0.29, 0.717) is 17.9 Å². The molecule has 3 heterocycles. The van der Waals surface area contributed by atoms with Crippen LogP contribution in [0.15, 0.2) is 60.9 Å². The lowest BCUT2D eigenvalue weighted by Gasteiger charge is -2.23. The average molecular weight is 493 g/mol. The summed E-state index contributed by atoms with van der Waals surface area (Å²) >= 11 is 0. The Kier molecular flexibility index (Phi) is 7.57. The van der Waals surface area contributed by atoms with Gasteiger partial charge in [-0.1, -0.05) is 30.3 Å². The van der Waals surface area contributed by atoms with Gasteiger partial charge >= 0.3 is 0 Å². The molecule has 0 spiro atoms. The highest BCUT2D eigenvalue weighted by Gasteiger charge is 2.17. The van der Waals surface area contributed by atoms with Crippen LogP contribution in [-0.4, -0.2) is 34.1 Å². The SMILES string of the molecule is Cc1ccc2c(CC[C@@H](C)C#N)cccc2c1Oc1ncccc1-c1ccnc(N[C@H]2CCCNC2)n1. The van der Waals surface area contributed by atoms with E-state index in [2.05, 4.69) is 57.0 Å². The molecule has 2 atom stereocenters. The Morgan fingerprint density at radius 1 is 1.11 bits per heavy atom. The molecule has 4 aromatic rings. The van der Waals surface area contributed by atoms with Crippen molar-refractivity contribution in [1.82, 2.24) is 20.3 Å². The zero-order valence-corrected chi connectivity index (χ0v) is 21.4. The van der Waals surface area contributed by atoms with Crippen LogP contribution in [-0.2, 0) is 6.42 Å². The number of anilines is 1. The third-order valence-corrected chi connectivity index (χ3v) is 6.90. The van der Waals surface area contributed by atoms with E-state index < -0.39 is 0 Å². The molecule has 188 valence electrons. The first-order valence-corrected chi connectivity index (χ1v) is 13.0. The summed E-state index contributed by atoms with van der Waals surface area (Å²) in [5, 5.41) is 18.2. The number of fused-ring (bicyclic) bond motifs is 1. The number of benzene rings is 2. The van der Waals surface area contributed by atoms with Gasteiger partial charge in [-0.3, -0.25) is 0 Å². The summed E-state index contributed by atoms with van der Waals surface area (Å²) in [6.45, 7) is 5.98. The number of piperidine rings is 1. The van der Waals surface area contributed by atoms with Crippen LogP contribution in [0.25, 0.3) is 22.0 Å². The number of rotatable bonds is 8. The standard InChI is InChI=1S/C30H32N6O/c1-20(18-31)10-12-22-6-3-8-25-24(22)13-11-21(2)28(25)37-29-26(9-5-16-33-29)27-14-17-34-30(36-27)35-23-7-4-15-32-19-23/h3,5-6,8-9,11,13-14,16-17,20,23,32H,4,7,10,12,15,19H2,1-2H3,(H,34,35,36)/t20-,23+/m1/s1. The van der Waals surface area contributed by atoms with Crippen molar-refractivity contribution in [3.63, 3.8) is 0 Å². The fraction of sp³-hybridized carbons (Fsp3) is 0.333. The minimum Gasteiger partial charge on any atom is -0.437 e. The Hall–Kier alpha value is -4.02. The number of nitrogens with one attached hydrogen (secondary N) is 2. The van der Waals surface area contributed by atoms with E-state index in [1.807, 2.05) is 32.0 Å². The molecular formula is C30H32N6O. The van der Waals surface area contributed by atoms with Gasteiger partial charge in [0, 0.05) is 36.3 Å². The lowest BCUT2D eigenvalue weighted by molar-refractivity contribution is 0.466. The van der Waals surface area contributed by atoms with Gasteiger partial charge in [-0.05, 0) is 80.8 Å². The number of ether oxygens (including phenoxy) is 1. The molecule has 0 bridgehead atoms. The molecule has 37 heavy (non-hydrogen) atoms. The second-order valence-electron chi connectivity index (χ2n) is 9.70. The monoisotopic (exact) mass is 492 g/mol. The molecule has 0 unspecified atom stereocenters. The van der Waals surface area contributed by atoms with Crippen LogP contribution in [0.4, 0.5) is 5.95 Å². The summed E-state index contributed by atoms with van der Waals surface area (Å²) in [5.74, 6) is 1.92. The van der Waals surface area contributed by atoms with Gasteiger partial charge in [0.15, 0.2) is 0 Å². The number of nitrogens with zero attached hydrogens (tertiary/aromatic N) is 4. The summed E-state index contributed by atoms with van der Waals surface area (Å²) < 4.78 is 6.55. The zero-order valence-electron chi connectivity index (χ0n) is 21.4. The number of hydrogen-bond acceptors (Lipinski definition) is 7. The first-order chi connectivity index (χ1) is 18.1. The van der Waals surface area contributed by atoms with Crippen LogP contribution >= 0.6 is 0 Å². The highest BCUT2D eigenvalue weighted by atomic mass is 16.5. The Labute approximate surface area is 218 Å². The molecule has 0 saturated carbocycles. The molecule has 1 fully saturated rings. The molecule has 5 rings (SSSR count). The maximum absolute atomic E-state index is 9.20. The van der Waals surface area contributed by atoms with Crippen molar-refractivity contribution >= 4 is 16.7 Å². The van der Waals surface area contributed by atoms with Crippen molar-refractivity contribution in [2.24, 2.45) is 5.92 Å². The van der Waals surface area contributed by atoms with Crippen LogP contribution in [0.1, 0.15) is 37.3 Å². The number of nitriles is 1. The maximum Gasteiger partial charge on any atom is 0.228 e. The first-order valence-electron chi connectivity index (χ1n) is 13.0. The first kappa shape index (κ1) is 24.7. The quantitative estimate of drug-likeness (QED) is 0.309. The summed E-state index contributed by atoms with van der Waals surface area (Å²) in [6, 6.07) is 18.9. The second-order valence-corrected chi connectivity index (χ2v) is 9.70. The maximum atomic E-state index is 9.20. The molecule has 2 N–H and O–H groups in total. The summed E-state index contributed by atoms with van der Waals surface area (Å²) in [5.41, 5.74) is 3.81. The molecule has 7 heteroatoms. The Morgan fingerprint density at radius 2 is 2.03 bits per heavy atom. The van der Waals surface area contributed by atoms with E-state index in [-0.39, 0.29) is 5.92 Å². The minimum absolute atomic E-state index is 0.0223. The molecule has 7 nitrogen and oxygen atoms in total. The molecule has 0 aliphatic carbocycles. The van der Waals surface area contributed by atoms with Crippen LogP contribution in [0.5, 0.6) is 11.6 Å². The van der Waals surface area contributed by atoms with Gasteiger partial charge in [-0.15, -0.1) is 0 Å². The van der Waals surface area contributed by atoms with Crippen molar-refractivity contribution in [2.45, 2.75) is 45.6 Å². The highest BCUT2D eigenvalue weighted by Crippen LogP contribution is 2.37. The summed E-state index contributed by atoms with van der Waals surface area (Å²) in [6.07, 6.45) is 7.42. The molecule has 0 amide bonds.